The number of nitrogens with zero attached hydrogens (tertiary/aromatic N) is 1. The lowest BCUT2D eigenvalue weighted by Crippen LogP contribution is -2.46. The lowest BCUT2D eigenvalue weighted by Gasteiger charge is -2.32. The zero-order valence-electron chi connectivity index (χ0n) is 10.5. The van der Waals surface area contributed by atoms with Crippen LogP contribution in [0.25, 0.3) is 0 Å². The molecule has 0 bridgehead atoms. The number of piperidine rings is 1. The largest absolute Gasteiger partial charge is 0.337 e. The van der Waals surface area contributed by atoms with Gasteiger partial charge in [-0.15, -0.1) is 0 Å². The zero-order chi connectivity index (χ0) is 11.5. The maximum atomic E-state index is 11.8. The van der Waals surface area contributed by atoms with Crippen molar-refractivity contribution < 1.29 is 4.79 Å². The molecule has 0 spiro atoms. The number of nitrogens with one attached hydrogen (secondary N) is 1. The minimum absolute atomic E-state index is 0.108. The van der Waals surface area contributed by atoms with Crippen molar-refractivity contribution in [2.24, 2.45) is 11.3 Å². The molecule has 1 unspecified atom stereocenters. The lowest BCUT2D eigenvalue weighted by molar-refractivity contribution is 0.166. The van der Waals surface area contributed by atoms with E-state index in [1.807, 2.05) is 4.90 Å². The molecule has 2 amide bonds. The Morgan fingerprint density at radius 2 is 2.13 bits per heavy atom. The Hall–Kier alpha value is -0.730. The Bertz CT molecular complexity index is 220. The molecule has 0 aromatic rings. The van der Waals surface area contributed by atoms with Crippen LogP contribution < -0.4 is 5.32 Å². The van der Waals surface area contributed by atoms with Crippen LogP contribution in [0.5, 0.6) is 0 Å². The normalized spacial score (nSPS) is 22.7. The van der Waals surface area contributed by atoms with Crippen molar-refractivity contribution in [3.05, 3.63) is 0 Å². The summed E-state index contributed by atoms with van der Waals surface area (Å²) in [6.07, 6.45) is 2.40. The van der Waals surface area contributed by atoms with Gasteiger partial charge in [-0.1, -0.05) is 27.7 Å². The fourth-order valence-corrected chi connectivity index (χ4v) is 1.83. The number of hydrogen-bond donors (Lipinski definition) is 1. The highest BCUT2D eigenvalue weighted by Gasteiger charge is 2.21. The molecule has 1 N–H and O–H groups in total. The van der Waals surface area contributed by atoms with Crippen molar-refractivity contribution in [2.75, 3.05) is 19.6 Å². The Kier molecular flexibility index (Phi) is 4.00. The van der Waals surface area contributed by atoms with Crippen molar-refractivity contribution in [1.82, 2.24) is 10.2 Å². The molecule has 1 fully saturated rings. The number of urea groups is 1. The predicted octanol–water partition coefficient (Wildman–Crippen LogP) is 2.47. The van der Waals surface area contributed by atoms with Crippen LogP contribution in [0.4, 0.5) is 4.79 Å². The van der Waals surface area contributed by atoms with Crippen LogP contribution in [0.15, 0.2) is 0 Å². The van der Waals surface area contributed by atoms with Gasteiger partial charge in [0.1, 0.15) is 0 Å². The molecule has 1 atom stereocenters. The van der Waals surface area contributed by atoms with Crippen molar-refractivity contribution in [1.29, 1.82) is 0 Å². The minimum Gasteiger partial charge on any atom is -0.337 e. The quantitative estimate of drug-likeness (QED) is 0.711. The first-order valence-electron chi connectivity index (χ1n) is 5.91. The van der Waals surface area contributed by atoms with E-state index >= 15 is 0 Å². The molecule has 3 nitrogen and oxygen atoms in total. The zero-order valence-corrected chi connectivity index (χ0v) is 10.5. The van der Waals surface area contributed by atoms with E-state index in [1.54, 1.807) is 0 Å². The Morgan fingerprint density at radius 1 is 1.47 bits per heavy atom. The fraction of sp³-hybridized carbons (Fsp3) is 0.917. The molecular weight excluding hydrogens is 188 g/mol. The number of carbonyl (C=O) groups excluding carboxylic acids is 1. The van der Waals surface area contributed by atoms with Gasteiger partial charge in [-0.05, 0) is 24.2 Å². The van der Waals surface area contributed by atoms with Crippen LogP contribution in [-0.4, -0.2) is 30.6 Å². The average Bonchev–Trinajstić information content (AvgIpc) is 2.13. The first kappa shape index (κ1) is 12.3. The summed E-state index contributed by atoms with van der Waals surface area (Å²) in [6, 6.07) is 0.108. The van der Waals surface area contributed by atoms with Gasteiger partial charge in [-0.2, -0.15) is 0 Å². The molecule has 1 aliphatic heterocycles. The summed E-state index contributed by atoms with van der Waals surface area (Å²) in [4.78, 5) is 13.7. The number of hydrogen-bond acceptors (Lipinski definition) is 1. The second kappa shape index (κ2) is 4.86. The lowest BCUT2D eigenvalue weighted by atomic mass is 9.97. The van der Waals surface area contributed by atoms with E-state index in [0.717, 1.165) is 26.1 Å². The van der Waals surface area contributed by atoms with Crippen molar-refractivity contribution in [3.8, 4) is 0 Å². The number of amides is 2. The monoisotopic (exact) mass is 212 g/mol. The molecule has 1 heterocycles. The van der Waals surface area contributed by atoms with Gasteiger partial charge in [0.05, 0.1) is 0 Å². The highest BCUT2D eigenvalue weighted by molar-refractivity contribution is 5.74. The topological polar surface area (TPSA) is 32.3 Å². The highest BCUT2D eigenvalue weighted by Crippen LogP contribution is 2.16. The summed E-state index contributed by atoms with van der Waals surface area (Å²) in [5.74, 6) is 0.652. The van der Waals surface area contributed by atoms with E-state index in [0.29, 0.717) is 5.92 Å². The number of likely N-dealkylation sites (tertiary alicyclic amines) is 1. The summed E-state index contributed by atoms with van der Waals surface area (Å²) in [5.41, 5.74) is 0.164. The van der Waals surface area contributed by atoms with Crippen molar-refractivity contribution >= 4 is 6.03 Å². The van der Waals surface area contributed by atoms with Gasteiger partial charge in [0.15, 0.2) is 0 Å². The van der Waals surface area contributed by atoms with E-state index < -0.39 is 0 Å². The summed E-state index contributed by atoms with van der Waals surface area (Å²) in [5, 5.41) is 3.00. The first-order chi connectivity index (χ1) is 6.88. The van der Waals surface area contributed by atoms with Gasteiger partial charge in [-0.25, -0.2) is 4.79 Å². The Labute approximate surface area is 93.2 Å². The van der Waals surface area contributed by atoms with E-state index in [2.05, 4.69) is 33.0 Å². The molecule has 3 heteroatoms. The van der Waals surface area contributed by atoms with Crippen molar-refractivity contribution in [3.63, 3.8) is 0 Å². The van der Waals surface area contributed by atoms with E-state index in [-0.39, 0.29) is 11.4 Å². The minimum atomic E-state index is 0.108. The molecule has 0 aliphatic carbocycles. The standard InChI is InChI=1S/C12H24N2O/c1-10-6-5-7-14(8-10)11(15)13-9-12(2,3)4/h10H,5-9H2,1-4H3,(H,13,15). The average molecular weight is 212 g/mol. The molecule has 0 aromatic carbocycles. The SMILES string of the molecule is CC1CCCN(C(=O)NCC(C)(C)C)C1. The van der Waals surface area contributed by atoms with Gasteiger partial charge in [-0.3, -0.25) is 0 Å². The molecule has 1 saturated heterocycles. The molecule has 1 aliphatic rings. The van der Waals surface area contributed by atoms with Gasteiger partial charge >= 0.3 is 6.03 Å². The van der Waals surface area contributed by atoms with Crippen molar-refractivity contribution in [2.45, 2.75) is 40.5 Å². The molecule has 1 rings (SSSR count). The Morgan fingerprint density at radius 3 is 2.67 bits per heavy atom. The molecule has 15 heavy (non-hydrogen) atoms. The number of carbonyl (C=O) groups is 1. The maximum absolute atomic E-state index is 11.8. The molecular formula is C12H24N2O. The van der Waals surface area contributed by atoms with Crippen LogP contribution in [0, 0.1) is 11.3 Å². The number of rotatable bonds is 1. The summed E-state index contributed by atoms with van der Waals surface area (Å²) >= 11 is 0. The van der Waals surface area contributed by atoms with Crippen LogP contribution in [0.2, 0.25) is 0 Å². The third-order valence-electron chi connectivity index (χ3n) is 2.71. The Balaban J connectivity index is 2.33. The third-order valence-corrected chi connectivity index (χ3v) is 2.71. The van der Waals surface area contributed by atoms with E-state index in [4.69, 9.17) is 0 Å². The molecule has 88 valence electrons. The summed E-state index contributed by atoms with van der Waals surface area (Å²) < 4.78 is 0. The molecule has 0 saturated carbocycles. The molecule has 0 radical (unpaired) electrons. The van der Waals surface area contributed by atoms with Crippen LogP contribution in [-0.2, 0) is 0 Å². The molecule has 0 aromatic heterocycles. The summed E-state index contributed by atoms with van der Waals surface area (Å²) in [6.45, 7) is 11.2. The van der Waals surface area contributed by atoms with Crippen LogP contribution in [0.3, 0.4) is 0 Å². The third kappa shape index (κ3) is 4.54. The van der Waals surface area contributed by atoms with Gasteiger partial charge in [0.25, 0.3) is 0 Å². The maximum Gasteiger partial charge on any atom is 0.317 e. The van der Waals surface area contributed by atoms with Gasteiger partial charge < -0.3 is 10.2 Å². The van der Waals surface area contributed by atoms with Crippen LogP contribution in [0.1, 0.15) is 40.5 Å². The van der Waals surface area contributed by atoms with Gasteiger partial charge in [0, 0.05) is 19.6 Å². The van der Waals surface area contributed by atoms with Gasteiger partial charge in [0.2, 0.25) is 0 Å². The summed E-state index contributed by atoms with van der Waals surface area (Å²) in [7, 11) is 0. The van der Waals surface area contributed by atoms with E-state index in [9.17, 15) is 4.79 Å². The second-order valence-electron chi connectivity index (χ2n) is 5.91. The first-order valence-corrected chi connectivity index (χ1v) is 5.91. The highest BCUT2D eigenvalue weighted by atomic mass is 16.2. The van der Waals surface area contributed by atoms with Crippen LogP contribution >= 0.6 is 0 Å². The van der Waals surface area contributed by atoms with E-state index in [1.165, 1.54) is 6.42 Å². The smallest absolute Gasteiger partial charge is 0.317 e. The fourth-order valence-electron chi connectivity index (χ4n) is 1.83. The second-order valence-corrected chi connectivity index (χ2v) is 5.91. The predicted molar refractivity (Wildman–Crippen MR) is 62.8 cm³/mol.